The molecule has 2 rings (SSSR count). The number of carbonyl (C=O) groups excluding carboxylic acids is 2. The van der Waals surface area contributed by atoms with E-state index >= 15 is 0 Å². The minimum absolute atomic E-state index is 0.230. The molecule has 2 aromatic carbocycles. The van der Waals surface area contributed by atoms with Crippen LogP contribution in [0.15, 0.2) is 48.5 Å². The Bertz CT molecular complexity index is 636. The summed E-state index contributed by atoms with van der Waals surface area (Å²) in [6.45, 7) is 0.383. The van der Waals surface area contributed by atoms with Gasteiger partial charge in [0.05, 0.1) is 0 Å². The fourth-order valence-corrected chi connectivity index (χ4v) is 1.76. The molecule has 0 spiro atoms. The third-order valence-electron chi connectivity index (χ3n) is 2.85. The molecular formula is C15H15N3O2. The van der Waals surface area contributed by atoms with Crippen molar-refractivity contribution in [1.82, 2.24) is 0 Å². The van der Waals surface area contributed by atoms with E-state index in [1.807, 2.05) is 6.07 Å². The minimum atomic E-state index is -0.501. The van der Waals surface area contributed by atoms with Crippen molar-refractivity contribution >= 4 is 17.5 Å². The Labute approximate surface area is 116 Å². The number of benzene rings is 2. The van der Waals surface area contributed by atoms with Crippen LogP contribution in [0.4, 0.5) is 5.69 Å². The molecule has 0 aromatic heterocycles. The van der Waals surface area contributed by atoms with Crippen LogP contribution in [-0.2, 0) is 6.54 Å². The predicted molar refractivity (Wildman–Crippen MR) is 77.2 cm³/mol. The van der Waals surface area contributed by atoms with Gasteiger partial charge in [-0.05, 0) is 42.0 Å². The number of hydrogen-bond donors (Lipinski definition) is 3. The monoisotopic (exact) mass is 269 g/mol. The van der Waals surface area contributed by atoms with E-state index in [0.29, 0.717) is 23.4 Å². The Morgan fingerprint density at radius 3 is 2.30 bits per heavy atom. The molecule has 2 amide bonds. The average Bonchev–Trinajstić information content (AvgIpc) is 2.47. The molecule has 0 saturated heterocycles. The summed E-state index contributed by atoms with van der Waals surface area (Å²) in [4.78, 5) is 23.0. The number of rotatable bonds is 4. The molecule has 2 aromatic rings. The molecule has 5 heteroatoms. The molecule has 0 aliphatic heterocycles. The predicted octanol–water partition coefficient (Wildman–Crippen LogP) is 1.50. The molecule has 5 N–H and O–H groups in total. The third-order valence-corrected chi connectivity index (χ3v) is 2.85. The smallest absolute Gasteiger partial charge is 0.255 e. The van der Waals surface area contributed by atoms with E-state index in [-0.39, 0.29) is 5.91 Å². The highest BCUT2D eigenvalue weighted by Crippen LogP contribution is 2.12. The van der Waals surface area contributed by atoms with Gasteiger partial charge in [0, 0.05) is 23.4 Å². The number of carbonyl (C=O) groups is 2. The van der Waals surface area contributed by atoms with Crippen molar-refractivity contribution in [3.8, 4) is 0 Å². The van der Waals surface area contributed by atoms with Crippen molar-refractivity contribution in [2.24, 2.45) is 11.5 Å². The van der Waals surface area contributed by atoms with Crippen LogP contribution < -0.4 is 16.8 Å². The number of hydrogen-bond acceptors (Lipinski definition) is 3. The lowest BCUT2D eigenvalue weighted by molar-refractivity contribution is 0.0998. The van der Waals surface area contributed by atoms with Gasteiger partial charge in [0.2, 0.25) is 5.91 Å². The van der Waals surface area contributed by atoms with Crippen LogP contribution in [0.1, 0.15) is 26.3 Å². The number of primary amides is 1. The van der Waals surface area contributed by atoms with E-state index in [2.05, 4.69) is 5.32 Å². The standard InChI is InChI=1S/C15H15N3O2/c16-9-10-2-1-3-12(8-10)15(20)18-13-6-4-11(5-7-13)14(17)19/h1-8H,9,16H2,(H2,17,19)(H,18,20). The van der Waals surface area contributed by atoms with E-state index in [0.717, 1.165) is 5.56 Å². The summed E-state index contributed by atoms with van der Waals surface area (Å²) < 4.78 is 0. The molecule has 0 unspecified atom stereocenters. The van der Waals surface area contributed by atoms with E-state index < -0.39 is 5.91 Å². The average molecular weight is 269 g/mol. The Morgan fingerprint density at radius 2 is 1.70 bits per heavy atom. The number of anilines is 1. The molecule has 0 heterocycles. The highest BCUT2D eigenvalue weighted by atomic mass is 16.2. The van der Waals surface area contributed by atoms with E-state index in [4.69, 9.17) is 11.5 Å². The lowest BCUT2D eigenvalue weighted by Gasteiger charge is -2.07. The highest BCUT2D eigenvalue weighted by molar-refractivity contribution is 6.04. The summed E-state index contributed by atoms with van der Waals surface area (Å²) in [5.41, 5.74) is 13.1. The first kappa shape index (κ1) is 13.8. The first-order valence-corrected chi connectivity index (χ1v) is 6.10. The summed E-state index contributed by atoms with van der Waals surface area (Å²) in [7, 11) is 0. The van der Waals surface area contributed by atoms with Crippen molar-refractivity contribution < 1.29 is 9.59 Å². The maximum Gasteiger partial charge on any atom is 0.255 e. The van der Waals surface area contributed by atoms with Crippen molar-refractivity contribution in [1.29, 1.82) is 0 Å². The van der Waals surface area contributed by atoms with Gasteiger partial charge in [0.25, 0.3) is 5.91 Å². The maximum absolute atomic E-state index is 12.1. The Hall–Kier alpha value is -2.66. The molecule has 20 heavy (non-hydrogen) atoms. The van der Waals surface area contributed by atoms with Gasteiger partial charge in [-0.3, -0.25) is 9.59 Å². The largest absolute Gasteiger partial charge is 0.366 e. The van der Waals surface area contributed by atoms with Crippen LogP contribution in [0.25, 0.3) is 0 Å². The van der Waals surface area contributed by atoms with Gasteiger partial charge in [-0.15, -0.1) is 0 Å². The van der Waals surface area contributed by atoms with Crippen LogP contribution >= 0.6 is 0 Å². The second kappa shape index (κ2) is 5.99. The van der Waals surface area contributed by atoms with Crippen molar-refractivity contribution in [3.63, 3.8) is 0 Å². The fraction of sp³-hybridized carbons (Fsp3) is 0.0667. The van der Waals surface area contributed by atoms with Crippen LogP contribution in [0.5, 0.6) is 0 Å². The Balaban J connectivity index is 2.12. The zero-order valence-corrected chi connectivity index (χ0v) is 10.8. The molecule has 102 valence electrons. The second-order valence-corrected chi connectivity index (χ2v) is 4.30. The highest BCUT2D eigenvalue weighted by Gasteiger charge is 2.07. The van der Waals surface area contributed by atoms with E-state index in [1.54, 1.807) is 42.5 Å². The summed E-state index contributed by atoms with van der Waals surface area (Å²) in [6, 6.07) is 13.5. The van der Waals surface area contributed by atoms with Gasteiger partial charge in [0.15, 0.2) is 0 Å². The summed E-state index contributed by atoms with van der Waals surface area (Å²) >= 11 is 0. The Morgan fingerprint density at radius 1 is 1.00 bits per heavy atom. The SMILES string of the molecule is NCc1cccc(C(=O)Nc2ccc(C(N)=O)cc2)c1. The molecule has 0 radical (unpaired) electrons. The molecule has 0 fully saturated rings. The van der Waals surface area contributed by atoms with Gasteiger partial charge in [0.1, 0.15) is 0 Å². The lowest BCUT2D eigenvalue weighted by atomic mass is 10.1. The normalized spacial score (nSPS) is 10.1. The molecule has 0 aliphatic carbocycles. The molecule has 0 atom stereocenters. The molecule has 5 nitrogen and oxygen atoms in total. The topological polar surface area (TPSA) is 98.2 Å². The first-order valence-electron chi connectivity index (χ1n) is 6.10. The number of amides is 2. The molecular weight excluding hydrogens is 254 g/mol. The van der Waals surface area contributed by atoms with Gasteiger partial charge in [-0.2, -0.15) is 0 Å². The van der Waals surface area contributed by atoms with Crippen LogP contribution in [0, 0.1) is 0 Å². The first-order chi connectivity index (χ1) is 9.60. The summed E-state index contributed by atoms with van der Waals surface area (Å²) in [6.07, 6.45) is 0. The van der Waals surface area contributed by atoms with Crippen molar-refractivity contribution in [2.75, 3.05) is 5.32 Å². The zero-order valence-electron chi connectivity index (χ0n) is 10.8. The molecule has 0 aliphatic rings. The van der Waals surface area contributed by atoms with Gasteiger partial charge in [-0.1, -0.05) is 12.1 Å². The zero-order chi connectivity index (χ0) is 14.5. The minimum Gasteiger partial charge on any atom is -0.366 e. The Kier molecular flexibility index (Phi) is 4.12. The quantitative estimate of drug-likeness (QED) is 0.784. The van der Waals surface area contributed by atoms with Crippen molar-refractivity contribution in [3.05, 3.63) is 65.2 Å². The summed E-state index contributed by atoms with van der Waals surface area (Å²) in [5.74, 6) is -0.731. The van der Waals surface area contributed by atoms with Crippen molar-refractivity contribution in [2.45, 2.75) is 6.54 Å². The third kappa shape index (κ3) is 3.21. The lowest BCUT2D eigenvalue weighted by Crippen LogP contribution is -2.13. The van der Waals surface area contributed by atoms with E-state index in [9.17, 15) is 9.59 Å². The summed E-state index contributed by atoms with van der Waals surface area (Å²) in [5, 5.41) is 2.74. The van der Waals surface area contributed by atoms with Gasteiger partial charge < -0.3 is 16.8 Å². The molecule has 0 saturated carbocycles. The molecule has 0 bridgehead atoms. The van der Waals surface area contributed by atoms with Crippen LogP contribution in [0.3, 0.4) is 0 Å². The number of nitrogens with one attached hydrogen (secondary N) is 1. The fourth-order valence-electron chi connectivity index (χ4n) is 1.76. The van der Waals surface area contributed by atoms with Crippen LogP contribution in [0.2, 0.25) is 0 Å². The number of nitrogens with two attached hydrogens (primary N) is 2. The van der Waals surface area contributed by atoms with Crippen LogP contribution in [-0.4, -0.2) is 11.8 Å². The second-order valence-electron chi connectivity index (χ2n) is 4.30. The van der Waals surface area contributed by atoms with E-state index in [1.165, 1.54) is 0 Å². The maximum atomic E-state index is 12.1. The van der Waals surface area contributed by atoms with Gasteiger partial charge in [-0.25, -0.2) is 0 Å². The van der Waals surface area contributed by atoms with Gasteiger partial charge >= 0.3 is 0 Å².